The van der Waals surface area contributed by atoms with Crippen LogP contribution in [-0.2, 0) is 11.2 Å². The number of halogens is 2. The van der Waals surface area contributed by atoms with Gasteiger partial charge in [-0.2, -0.15) is 0 Å². The highest BCUT2D eigenvalue weighted by atomic mass is 19.1. The maximum absolute atomic E-state index is 13.4. The summed E-state index contributed by atoms with van der Waals surface area (Å²) in [4.78, 5) is 28.5. The molecule has 8 heteroatoms. The molecule has 30 heavy (non-hydrogen) atoms. The van der Waals surface area contributed by atoms with Crippen LogP contribution >= 0.6 is 0 Å². The van der Waals surface area contributed by atoms with E-state index in [4.69, 9.17) is 0 Å². The van der Waals surface area contributed by atoms with Gasteiger partial charge in [0.1, 0.15) is 17.5 Å². The van der Waals surface area contributed by atoms with Crippen LogP contribution in [0.25, 0.3) is 0 Å². The van der Waals surface area contributed by atoms with E-state index >= 15 is 0 Å². The number of rotatable bonds is 8. The van der Waals surface area contributed by atoms with Gasteiger partial charge in [0.15, 0.2) is 0 Å². The Balaban J connectivity index is 1.49. The first kappa shape index (κ1) is 20.9. The number of hydrogen-bond donors (Lipinski definition) is 3. The molecule has 0 unspecified atom stereocenters. The largest absolute Gasteiger partial charge is 0.354 e. The van der Waals surface area contributed by atoms with Gasteiger partial charge in [0, 0.05) is 25.0 Å². The molecular formula is C22H20F2N4O2. The van der Waals surface area contributed by atoms with Crippen molar-refractivity contribution >= 4 is 23.3 Å². The Kier molecular flexibility index (Phi) is 7.05. The summed E-state index contributed by atoms with van der Waals surface area (Å²) >= 11 is 0. The molecule has 3 rings (SSSR count). The fraction of sp³-hybridized carbons (Fsp3) is 0.136. The van der Waals surface area contributed by atoms with E-state index in [0.29, 0.717) is 22.6 Å². The summed E-state index contributed by atoms with van der Waals surface area (Å²) in [6, 6.07) is 14.7. The first-order chi connectivity index (χ1) is 14.5. The van der Waals surface area contributed by atoms with Gasteiger partial charge in [-0.15, -0.1) is 0 Å². The number of amides is 2. The molecule has 6 nitrogen and oxygen atoms in total. The number of anilines is 2. The van der Waals surface area contributed by atoms with Gasteiger partial charge in [-0.25, -0.2) is 13.8 Å². The van der Waals surface area contributed by atoms with Crippen molar-refractivity contribution in [1.29, 1.82) is 0 Å². The Labute approximate surface area is 172 Å². The molecule has 0 spiro atoms. The Hall–Kier alpha value is -3.81. The lowest BCUT2D eigenvalue weighted by Crippen LogP contribution is -2.35. The van der Waals surface area contributed by atoms with E-state index in [9.17, 15) is 18.4 Å². The molecule has 2 amide bonds. The Bertz CT molecular complexity index is 1030. The van der Waals surface area contributed by atoms with Crippen molar-refractivity contribution in [2.24, 2.45) is 0 Å². The van der Waals surface area contributed by atoms with Crippen LogP contribution in [0, 0.1) is 11.6 Å². The topological polar surface area (TPSA) is 83.1 Å². The van der Waals surface area contributed by atoms with Gasteiger partial charge in [-0.1, -0.05) is 18.2 Å². The molecule has 0 bridgehead atoms. The van der Waals surface area contributed by atoms with E-state index in [2.05, 4.69) is 20.9 Å². The van der Waals surface area contributed by atoms with Crippen LogP contribution in [0.3, 0.4) is 0 Å². The molecule has 0 aliphatic carbocycles. The van der Waals surface area contributed by atoms with E-state index < -0.39 is 5.82 Å². The third-order valence-electron chi connectivity index (χ3n) is 4.15. The molecule has 0 radical (unpaired) electrons. The molecular weight excluding hydrogens is 390 g/mol. The van der Waals surface area contributed by atoms with E-state index in [-0.39, 0.29) is 37.1 Å². The quantitative estimate of drug-likeness (QED) is 0.498. The molecule has 0 atom stereocenters. The number of nitrogens with zero attached hydrogens (tertiary/aromatic N) is 1. The smallest absolute Gasteiger partial charge is 0.255 e. The van der Waals surface area contributed by atoms with Crippen molar-refractivity contribution in [3.8, 4) is 0 Å². The number of benzene rings is 2. The highest BCUT2D eigenvalue weighted by Gasteiger charge is 2.12. The fourth-order valence-electron chi connectivity index (χ4n) is 2.71. The average molecular weight is 410 g/mol. The minimum Gasteiger partial charge on any atom is -0.354 e. The van der Waals surface area contributed by atoms with Crippen LogP contribution in [0.1, 0.15) is 15.9 Å². The van der Waals surface area contributed by atoms with Crippen LogP contribution < -0.4 is 16.0 Å². The maximum Gasteiger partial charge on any atom is 0.255 e. The highest BCUT2D eigenvalue weighted by molar-refractivity contribution is 5.99. The SMILES string of the molecule is O=C(Cc1ccc(F)cc1)NCCNC(=O)c1cccnc1Nc1cccc(F)c1. The normalized spacial score (nSPS) is 10.3. The lowest BCUT2D eigenvalue weighted by Gasteiger charge is -2.12. The Morgan fingerprint density at radius 2 is 1.63 bits per heavy atom. The monoisotopic (exact) mass is 410 g/mol. The summed E-state index contributed by atoms with van der Waals surface area (Å²) in [6.07, 6.45) is 1.65. The summed E-state index contributed by atoms with van der Waals surface area (Å²) in [5.74, 6) is -1.08. The third kappa shape index (κ3) is 6.10. The lowest BCUT2D eigenvalue weighted by molar-refractivity contribution is -0.120. The summed E-state index contributed by atoms with van der Waals surface area (Å²) in [7, 11) is 0. The minimum atomic E-state index is -0.404. The molecule has 0 saturated heterocycles. The molecule has 3 aromatic rings. The molecule has 0 fully saturated rings. The van der Waals surface area contributed by atoms with E-state index in [1.54, 1.807) is 36.4 Å². The molecule has 0 aliphatic heterocycles. The number of carbonyl (C=O) groups is 2. The Morgan fingerprint density at radius 1 is 0.867 bits per heavy atom. The second-order valence-corrected chi connectivity index (χ2v) is 6.44. The van der Waals surface area contributed by atoms with E-state index in [0.717, 1.165) is 0 Å². The number of nitrogens with one attached hydrogen (secondary N) is 3. The molecule has 0 aliphatic rings. The van der Waals surface area contributed by atoms with Crippen molar-refractivity contribution in [2.75, 3.05) is 18.4 Å². The summed E-state index contributed by atoms with van der Waals surface area (Å²) in [5, 5.41) is 8.32. The van der Waals surface area contributed by atoms with Crippen LogP contribution in [-0.4, -0.2) is 29.9 Å². The van der Waals surface area contributed by atoms with Crippen molar-refractivity contribution in [2.45, 2.75) is 6.42 Å². The fourth-order valence-corrected chi connectivity index (χ4v) is 2.71. The zero-order valence-electron chi connectivity index (χ0n) is 16.0. The molecule has 3 N–H and O–H groups in total. The van der Waals surface area contributed by atoms with Gasteiger partial charge in [-0.3, -0.25) is 9.59 Å². The van der Waals surface area contributed by atoms with Crippen molar-refractivity contribution in [1.82, 2.24) is 15.6 Å². The summed E-state index contributed by atoms with van der Waals surface area (Å²) < 4.78 is 26.3. The number of carbonyl (C=O) groups excluding carboxylic acids is 2. The second-order valence-electron chi connectivity index (χ2n) is 6.44. The van der Waals surface area contributed by atoms with Crippen LogP contribution in [0.4, 0.5) is 20.3 Å². The van der Waals surface area contributed by atoms with Gasteiger partial charge >= 0.3 is 0 Å². The number of aromatic nitrogens is 1. The van der Waals surface area contributed by atoms with Crippen LogP contribution in [0.2, 0.25) is 0 Å². The summed E-state index contributed by atoms with van der Waals surface area (Å²) in [6.45, 7) is 0.445. The van der Waals surface area contributed by atoms with Gasteiger partial charge < -0.3 is 16.0 Å². The Morgan fingerprint density at radius 3 is 2.40 bits per heavy atom. The lowest BCUT2D eigenvalue weighted by atomic mass is 10.1. The van der Waals surface area contributed by atoms with Gasteiger partial charge in [0.05, 0.1) is 12.0 Å². The average Bonchev–Trinajstić information content (AvgIpc) is 2.73. The molecule has 1 heterocycles. The standard InChI is InChI=1S/C22H20F2N4O2/c23-16-8-6-15(7-9-16)13-20(29)25-11-12-27-22(30)19-5-2-10-26-21(19)28-18-4-1-3-17(24)14-18/h1-10,14H,11-13H2,(H,25,29)(H,26,28)(H,27,30). The molecule has 154 valence electrons. The number of pyridine rings is 1. The van der Waals surface area contributed by atoms with Gasteiger partial charge in [-0.05, 0) is 48.0 Å². The zero-order valence-corrected chi connectivity index (χ0v) is 16.0. The van der Waals surface area contributed by atoms with Gasteiger partial charge in [0.25, 0.3) is 5.91 Å². The molecule has 0 saturated carbocycles. The minimum absolute atomic E-state index is 0.124. The van der Waals surface area contributed by atoms with Crippen molar-refractivity contribution < 1.29 is 18.4 Å². The predicted octanol–water partition coefficient (Wildman–Crippen LogP) is 3.19. The van der Waals surface area contributed by atoms with E-state index in [1.165, 1.54) is 30.5 Å². The van der Waals surface area contributed by atoms with Gasteiger partial charge in [0.2, 0.25) is 5.91 Å². The molecule has 1 aromatic heterocycles. The highest BCUT2D eigenvalue weighted by Crippen LogP contribution is 2.19. The second kappa shape index (κ2) is 10.1. The van der Waals surface area contributed by atoms with Crippen molar-refractivity contribution in [3.05, 3.63) is 89.6 Å². The van der Waals surface area contributed by atoms with E-state index in [1.807, 2.05) is 0 Å². The summed E-state index contributed by atoms with van der Waals surface area (Å²) in [5.41, 5.74) is 1.46. The third-order valence-corrected chi connectivity index (χ3v) is 4.15. The zero-order chi connectivity index (χ0) is 21.3. The van der Waals surface area contributed by atoms with Crippen LogP contribution in [0.5, 0.6) is 0 Å². The number of hydrogen-bond acceptors (Lipinski definition) is 4. The predicted molar refractivity (Wildman–Crippen MR) is 109 cm³/mol. The first-order valence-electron chi connectivity index (χ1n) is 9.28. The maximum atomic E-state index is 13.4. The molecule has 2 aromatic carbocycles. The van der Waals surface area contributed by atoms with Crippen molar-refractivity contribution in [3.63, 3.8) is 0 Å². The van der Waals surface area contributed by atoms with Crippen LogP contribution in [0.15, 0.2) is 66.9 Å². The first-order valence-corrected chi connectivity index (χ1v) is 9.28.